The average Bonchev–Trinajstić information content (AvgIpc) is 3.16. The molecule has 0 aliphatic heterocycles. The van der Waals surface area contributed by atoms with Crippen molar-refractivity contribution in [3.8, 4) is 0 Å². The van der Waals surface area contributed by atoms with Crippen LogP contribution in [0.2, 0.25) is 0 Å². The van der Waals surface area contributed by atoms with E-state index in [-0.39, 0.29) is 56.5 Å². The number of methoxy groups -OCH3 is 1. The molecule has 0 spiro atoms. The second-order valence-electron chi connectivity index (χ2n) is 12.9. The Kier molecular flexibility index (Phi) is 7.75. The number of hydrogen-bond donors (Lipinski definition) is 0. The van der Waals surface area contributed by atoms with Gasteiger partial charge in [0.25, 0.3) is 0 Å². The van der Waals surface area contributed by atoms with Gasteiger partial charge in [0.15, 0.2) is 0 Å². The van der Waals surface area contributed by atoms with E-state index in [1.54, 1.807) is 0 Å². The lowest BCUT2D eigenvalue weighted by atomic mass is 9.40. The maximum atomic E-state index is 14.5. The molecule has 0 aromatic carbocycles. The van der Waals surface area contributed by atoms with Crippen molar-refractivity contribution < 1.29 is 23.9 Å². The van der Waals surface area contributed by atoms with Crippen molar-refractivity contribution in [3.63, 3.8) is 0 Å². The standard InChI is InChI=1S/C29H45IO5/c1-8-18-21-13-15(2)11-12-28(21,5)24-23(26(18)35-17(4)31)20-10-9-19(16(3)14-22(32)34-7)29(20,6)27(30)25(24)33/h15-16,18-21,23-24,26-27H,8-14H2,1-7H3/t15-,16-,18-,19-,20?,21+,23?,24?,26?,27+,28+,29-/m1/s1. The predicted molar refractivity (Wildman–Crippen MR) is 144 cm³/mol. The van der Waals surface area contributed by atoms with Crippen LogP contribution < -0.4 is 0 Å². The second kappa shape index (κ2) is 9.90. The Labute approximate surface area is 225 Å². The zero-order chi connectivity index (χ0) is 25.9. The van der Waals surface area contributed by atoms with Gasteiger partial charge in [0.1, 0.15) is 11.9 Å². The van der Waals surface area contributed by atoms with Crippen LogP contribution in [0, 0.1) is 58.2 Å². The van der Waals surface area contributed by atoms with Crippen molar-refractivity contribution in [3.05, 3.63) is 0 Å². The summed E-state index contributed by atoms with van der Waals surface area (Å²) < 4.78 is 11.1. The second-order valence-corrected chi connectivity index (χ2v) is 14.1. The Balaban J connectivity index is 1.80. The zero-order valence-electron chi connectivity index (χ0n) is 22.6. The van der Waals surface area contributed by atoms with Gasteiger partial charge >= 0.3 is 11.9 Å². The van der Waals surface area contributed by atoms with E-state index in [0.717, 1.165) is 32.1 Å². The van der Waals surface area contributed by atoms with Crippen molar-refractivity contribution in [2.75, 3.05) is 7.11 Å². The van der Waals surface area contributed by atoms with Crippen LogP contribution in [0.4, 0.5) is 0 Å². The summed E-state index contributed by atoms with van der Waals surface area (Å²) in [7, 11) is 1.45. The minimum Gasteiger partial charge on any atom is -0.469 e. The molecule has 0 heterocycles. The minimum absolute atomic E-state index is 0.0357. The molecule has 6 heteroatoms. The highest BCUT2D eigenvalue weighted by Gasteiger charge is 2.70. The van der Waals surface area contributed by atoms with E-state index in [9.17, 15) is 14.4 Å². The third kappa shape index (κ3) is 4.20. The maximum Gasteiger partial charge on any atom is 0.305 e. The van der Waals surface area contributed by atoms with Crippen molar-refractivity contribution in [2.45, 2.75) is 96.5 Å². The Morgan fingerprint density at radius 3 is 2.46 bits per heavy atom. The number of halogens is 1. The lowest BCUT2D eigenvalue weighted by Crippen LogP contribution is -2.68. The first-order valence-corrected chi connectivity index (χ1v) is 15.1. The summed E-state index contributed by atoms with van der Waals surface area (Å²) in [6.07, 6.45) is 6.59. The summed E-state index contributed by atoms with van der Waals surface area (Å²) in [5, 5.41) is 0. The van der Waals surface area contributed by atoms with E-state index in [2.05, 4.69) is 57.2 Å². The lowest BCUT2D eigenvalue weighted by Gasteiger charge is -2.65. The fourth-order valence-corrected chi connectivity index (χ4v) is 11.0. The fraction of sp³-hybridized carbons (Fsp3) is 0.897. The van der Waals surface area contributed by atoms with E-state index in [1.807, 2.05) is 0 Å². The third-order valence-electron chi connectivity index (χ3n) is 11.2. The lowest BCUT2D eigenvalue weighted by molar-refractivity contribution is -0.209. The largest absolute Gasteiger partial charge is 0.469 e. The molecular formula is C29H45IO5. The highest BCUT2D eigenvalue weighted by atomic mass is 127. The van der Waals surface area contributed by atoms with Crippen LogP contribution in [0.5, 0.6) is 0 Å². The van der Waals surface area contributed by atoms with Gasteiger partial charge < -0.3 is 9.47 Å². The molecule has 4 saturated carbocycles. The van der Waals surface area contributed by atoms with Crippen molar-refractivity contribution in [1.82, 2.24) is 0 Å². The number of Topliss-reactive ketones (excluding diaryl/α,β-unsaturated/α-hetero) is 1. The van der Waals surface area contributed by atoms with Crippen LogP contribution in [0.25, 0.3) is 0 Å². The average molecular weight is 601 g/mol. The van der Waals surface area contributed by atoms with Crippen LogP contribution in [0.3, 0.4) is 0 Å². The summed E-state index contributed by atoms with van der Waals surface area (Å²) in [6, 6.07) is 0. The first-order valence-electron chi connectivity index (χ1n) is 13.8. The number of esters is 2. The van der Waals surface area contributed by atoms with Crippen molar-refractivity contribution >= 4 is 40.3 Å². The van der Waals surface area contributed by atoms with Crippen molar-refractivity contribution in [2.24, 2.45) is 58.2 Å². The monoisotopic (exact) mass is 600 g/mol. The number of ether oxygens (including phenoxy) is 2. The molecule has 198 valence electrons. The van der Waals surface area contributed by atoms with Gasteiger partial charge in [0.2, 0.25) is 0 Å². The van der Waals surface area contributed by atoms with Gasteiger partial charge in [-0.25, -0.2) is 0 Å². The Hall–Kier alpha value is -0.660. The van der Waals surface area contributed by atoms with Crippen LogP contribution in [-0.2, 0) is 23.9 Å². The highest BCUT2D eigenvalue weighted by Crippen LogP contribution is 2.70. The first kappa shape index (κ1) is 27.4. The molecule has 4 aliphatic carbocycles. The fourth-order valence-electron chi connectivity index (χ4n) is 9.70. The Morgan fingerprint density at radius 2 is 1.86 bits per heavy atom. The molecule has 4 unspecified atom stereocenters. The molecule has 0 aromatic rings. The number of alkyl halides is 1. The Bertz CT molecular complexity index is 858. The van der Waals surface area contributed by atoms with Gasteiger partial charge in [-0.15, -0.1) is 0 Å². The normalized spacial score (nSPS) is 47.8. The van der Waals surface area contributed by atoms with E-state index in [1.165, 1.54) is 20.5 Å². The molecule has 4 rings (SSSR count). The molecule has 5 nitrogen and oxygen atoms in total. The summed E-state index contributed by atoms with van der Waals surface area (Å²) in [5.41, 5.74) is -0.250. The molecule has 0 bridgehead atoms. The minimum atomic E-state index is -0.223. The van der Waals surface area contributed by atoms with E-state index in [0.29, 0.717) is 35.9 Å². The van der Waals surface area contributed by atoms with E-state index < -0.39 is 0 Å². The summed E-state index contributed by atoms with van der Waals surface area (Å²) in [5.74, 6) is 2.07. The topological polar surface area (TPSA) is 69.7 Å². The van der Waals surface area contributed by atoms with E-state index in [4.69, 9.17) is 9.47 Å². The predicted octanol–water partition coefficient (Wildman–Crippen LogP) is 6.25. The Morgan fingerprint density at radius 1 is 1.17 bits per heavy atom. The van der Waals surface area contributed by atoms with Gasteiger partial charge in [0.05, 0.1) is 11.0 Å². The molecular weight excluding hydrogens is 555 g/mol. The molecule has 12 atom stereocenters. The van der Waals surface area contributed by atoms with Crippen LogP contribution in [0.1, 0.15) is 86.5 Å². The van der Waals surface area contributed by atoms with Crippen LogP contribution in [-0.4, -0.2) is 34.9 Å². The summed E-state index contributed by atoms with van der Waals surface area (Å²) in [4.78, 5) is 39.1. The van der Waals surface area contributed by atoms with Gasteiger partial charge in [-0.3, -0.25) is 14.4 Å². The smallest absolute Gasteiger partial charge is 0.305 e. The summed E-state index contributed by atoms with van der Waals surface area (Å²) >= 11 is 2.45. The third-order valence-corrected chi connectivity index (χ3v) is 13.2. The molecule has 35 heavy (non-hydrogen) atoms. The highest BCUT2D eigenvalue weighted by molar-refractivity contribution is 14.1. The molecule has 0 aromatic heterocycles. The molecule has 0 amide bonds. The molecule has 0 N–H and O–H groups in total. The summed E-state index contributed by atoms with van der Waals surface area (Å²) in [6.45, 7) is 12.9. The number of carbonyl (C=O) groups is 3. The van der Waals surface area contributed by atoms with Gasteiger partial charge in [-0.1, -0.05) is 63.6 Å². The SMILES string of the molecule is CC[C@H]1C(OC(C)=O)C2C3CC[C@H]([C@H](C)CC(=O)OC)[C@@]3(C)[C@@H](I)C(=O)C2[C@@]2(C)CC[C@@H](C)C[C@@H]12. The maximum absolute atomic E-state index is 14.5. The van der Waals surface area contributed by atoms with Gasteiger partial charge in [-0.05, 0) is 78.4 Å². The first-order chi connectivity index (χ1) is 16.4. The number of carbonyl (C=O) groups excluding carboxylic acids is 3. The van der Waals surface area contributed by atoms with Gasteiger partial charge in [0, 0.05) is 25.2 Å². The number of rotatable bonds is 5. The molecule has 4 fully saturated rings. The van der Waals surface area contributed by atoms with E-state index >= 15 is 0 Å². The van der Waals surface area contributed by atoms with Crippen LogP contribution in [0.15, 0.2) is 0 Å². The van der Waals surface area contributed by atoms with Crippen LogP contribution >= 0.6 is 22.6 Å². The molecule has 0 saturated heterocycles. The van der Waals surface area contributed by atoms with Gasteiger partial charge in [-0.2, -0.15) is 0 Å². The number of ketones is 1. The zero-order valence-corrected chi connectivity index (χ0v) is 24.8. The number of hydrogen-bond acceptors (Lipinski definition) is 5. The quantitative estimate of drug-likeness (QED) is 0.212. The molecule has 0 radical (unpaired) electrons. The molecule has 4 aliphatic rings. The van der Waals surface area contributed by atoms with Crippen molar-refractivity contribution in [1.29, 1.82) is 0 Å². The number of fused-ring (bicyclic) bond motifs is 5.